The van der Waals surface area contributed by atoms with E-state index in [1.165, 1.54) is 14.2 Å². The second kappa shape index (κ2) is 9.46. The number of carbonyl (C=O) groups is 2. The monoisotopic (exact) mass is 404 g/mol. The molecule has 1 atom stereocenters. The number of benzene rings is 2. The zero-order valence-electron chi connectivity index (χ0n) is 16.6. The molecule has 0 spiro atoms. The number of rotatable bonds is 7. The summed E-state index contributed by atoms with van der Waals surface area (Å²) in [5.41, 5.74) is 1.85. The van der Waals surface area contributed by atoms with Crippen LogP contribution >= 0.6 is 11.6 Å². The second-order valence-electron chi connectivity index (χ2n) is 6.74. The highest BCUT2D eigenvalue weighted by Crippen LogP contribution is 2.36. The summed E-state index contributed by atoms with van der Waals surface area (Å²) in [6.07, 6.45) is 0. The Morgan fingerprint density at radius 3 is 2.25 bits per heavy atom. The van der Waals surface area contributed by atoms with Gasteiger partial charge in [-0.3, -0.25) is 9.59 Å². The van der Waals surface area contributed by atoms with Crippen LogP contribution in [0.3, 0.4) is 0 Å². The van der Waals surface area contributed by atoms with Gasteiger partial charge in [0.2, 0.25) is 5.91 Å². The predicted octanol–water partition coefficient (Wildman–Crippen LogP) is 4.06. The van der Waals surface area contributed by atoms with E-state index in [0.717, 1.165) is 5.56 Å². The molecule has 0 fully saturated rings. The number of methoxy groups -OCH3 is 2. The third-order valence-electron chi connectivity index (χ3n) is 4.25. The molecule has 0 aliphatic carbocycles. The molecule has 2 N–H and O–H groups in total. The van der Waals surface area contributed by atoms with Crippen molar-refractivity contribution in [3.63, 3.8) is 0 Å². The van der Waals surface area contributed by atoms with Gasteiger partial charge in [0.1, 0.15) is 6.04 Å². The van der Waals surface area contributed by atoms with E-state index in [1.807, 2.05) is 26.8 Å². The summed E-state index contributed by atoms with van der Waals surface area (Å²) in [6.45, 7) is 5.62. The highest BCUT2D eigenvalue weighted by atomic mass is 35.5. The Balaban J connectivity index is 2.20. The minimum absolute atomic E-state index is 0.132. The molecule has 0 saturated heterocycles. The lowest BCUT2D eigenvalue weighted by Crippen LogP contribution is -2.47. The molecule has 0 radical (unpaired) electrons. The molecule has 0 heterocycles. The van der Waals surface area contributed by atoms with Crippen LogP contribution in [0.5, 0.6) is 11.5 Å². The van der Waals surface area contributed by atoms with Crippen LogP contribution in [-0.4, -0.2) is 32.1 Å². The first-order valence-corrected chi connectivity index (χ1v) is 9.24. The van der Waals surface area contributed by atoms with Crippen LogP contribution in [0.1, 0.15) is 29.8 Å². The number of carbonyl (C=O) groups excluding carboxylic acids is 2. The van der Waals surface area contributed by atoms with Gasteiger partial charge in [-0.05, 0) is 25.0 Å². The predicted molar refractivity (Wildman–Crippen MR) is 110 cm³/mol. The zero-order chi connectivity index (χ0) is 20.8. The zero-order valence-corrected chi connectivity index (χ0v) is 17.4. The van der Waals surface area contributed by atoms with Crippen molar-refractivity contribution in [3.8, 4) is 11.5 Å². The summed E-state index contributed by atoms with van der Waals surface area (Å²) in [7, 11) is 3.00. The third-order valence-corrected chi connectivity index (χ3v) is 4.56. The average Bonchev–Trinajstić information content (AvgIpc) is 2.66. The van der Waals surface area contributed by atoms with Gasteiger partial charge in [-0.25, -0.2) is 0 Å². The van der Waals surface area contributed by atoms with Gasteiger partial charge < -0.3 is 20.1 Å². The first-order valence-electron chi connectivity index (χ1n) is 8.86. The molecule has 0 saturated carbocycles. The Morgan fingerprint density at radius 1 is 1.04 bits per heavy atom. The van der Waals surface area contributed by atoms with Crippen LogP contribution in [-0.2, 0) is 4.79 Å². The minimum Gasteiger partial charge on any atom is -0.493 e. The van der Waals surface area contributed by atoms with E-state index in [1.54, 1.807) is 30.3 Å². The number of halogens is 1. The first-order chi connectivity index (χ1) is 13.3. The normalized spacial score (nSPS) is 11.7. The molecule has 28 heavy (non-hydrogen) atoms. The molecule has 1 unspecified atom stereocenters. The quantitative estimate of drug-likeness (QED) is 0.729. The van der Waals surface area contributed by atoms with Crippen molar-refractivity contribution < 1.29 is 19.1 Å². The number of hydrogen-bond acceptors (Lipinski definition) is 4. The summed E-state index contributed by atoms with van der Waals surface area (Å²) >= 11 is 6.25. The molecule has 2 rings (SSSR count). The van der Waals surface area contributed by atoms with Crippen LogP contribution in [0, 0.1) is 12.8 Å². The number of anilines is 1. The van der Waals surface area contributed by atoms with Gasteiger partial charge in [0.05, 0.1) is 24.9 Å². The maximum atomic E-state index is 12.8. The van der Waals surface area contributed by atoms with Gasteiger partial charge >= 0.3 is 0 Å². The fourth-order valence-corrected chi connectivity index (χ4v) is 2.91. The van der Waals surface area contributed by atoms with E-state index in [4.69, 9.17) is 21.1 Å². The Hall–Kier alpha value is -2.73. The van der Waals surface area contributed by atoms with Crippen molar-refractivity contribution in [2.45, 2.75) is 26.8 Å². The van der Waals surface area contributed by atoms with Crippen LogP contribution in [0.15, 0.2) is 36.4 Å². The van der Waals surface area contributed by atoms with E-state index in [0.29, 0.717) is 27.8 Å². The maximum absolute atomic E-state index is 12.8. The van der Waals surface area contributed by atoms with Crippen molar-refractivity contribution >= 4 is 29.1 Å². The molecule has 7 heteroatoms. The maximum Gasteiger partial charge on any atom is 0.251 e. The Bertz CT molecular complexity index is 867. The average molecular weight is 405 g/mol. The molecule has 2 aromatic carbocycles. The van der Waals surface area contributed by atoms with E-state index < -0.39 is 6.04 Å². The molecular weight excluding hydrogens is 380 g/mol. The molecule has 0 bridgehead atoms. The standard InChI is InChI=1S/C21H25ClN2O4/c1-12(2)19(24-20(25)14-8-6-7-13(3)9-14)21(26)23-16-11-18(28-5)17(27-4)10-15(16)22/h6-12,19H,1-5H3,(H,23,26)(H,24,25). The number of ether oxygens (including phenoxy) is 2. The highest BCUT2D eigenvalue weighted by molar-refractivity contribution is 6.34. The van der Waals surface area contributed by atoms with Crippen LogP contribution in [0.25, 0.3) is 0 Å². The SMILES string of the molecule is COc1cc(Cl)c(NC(=O)C(NC(=O)c2cccc(C)c2)C(C)C)cc1OC. The van der Waals surface area contributed by atoms with Crippen molar-refractivity contribution in [1.82, 2.24) is 5.32 Å². The van der Waals surface area contributed by atoms with Crippen LogP contribution in [0.4, 0.5) is 5.69 Å². The summed E-state index contributed by atoms with van der Waals surface area (Å²) < 4.78 is 10.4. The van der Waals surface area contributed by atoms with Gasteiger partial charge in [0.25, 0.3) is 5.91 Å². The molecule has 0 aliphatic heterocycles. The highest BCUT2D eigenvalue weighted by Gasteiger charge is 2.26. The summed E-state index contributed by atoms with van der Waals surface area (Å²) in [5, 5.41) is 5.87. The smallest absolute Gasteiger partial charge is 0.251 e. The lowest BCUT2D eigenvalue weighted by Gasteiger charge is -2.22. The first kappa shape index (κ1) is 21.6. The van der Waals surface area contributed by atoms with Crippen molar-refractivity contribution in [2.75, 3.05) is 19.5 Å². The van der Waals surface area contributed by atoms with Gasteiger partial charge in [-0.2, -0.15) is 0 Å². The van der Waals surface area contributed by atoms with E-state index >= 15 is 0 Å². The molecule has 6 nitrogen and oxygen atoms in total. The summed E-state index contributed by atoms with van der Waals surface area (Å²) in [5.74, 6) is 0.0829. The number of aryl methyl sites for hydroxylation is 1. The van der Waals surface area contributed by atoms with Crippen molar-refractivity contribution in [3.05, 3.63) is 52.5 Å². The largest absolute Gasteiger partial charge is 0.493 e. The number of nitrogens with one attached hydrogen (secondary N) is 2. The fourth-order valence-electron chi connectivity index (χ4n) is 2.71. The van der Waals surface area contributed by atoms with E-state index in [9.17, 15) is 9.59 Å². The molecule has 150 valence electrons. The summed E-state index contributed by atoms with van der Waals surface area (Å²) in [4.78, 5) is 25.4. The Morgan fingerprint density at radius 2 is 1.68 bits per heavy atom. The Kier molecular flexibility index (Phi) is 7.29. The minimum atomic E-state index is -0.739. The van der Waals surface area contributed by atoms with Gasteiger partial charge in [-0.1, -0.05) is 43.1 Å². The fraction of sp³-hybridized carbons (Fsp3) is 0.333. The molecule has 2 amide bonds. The second-order valence-corrected chi connectivity index (χ2v) is 7.15. The molecular formula is C21H25ClN2O4. The topological polar surface area (TPSA) is 76.7 Å². The summed E-state index contributed by atoms with van der Waals surface area (Å²) in [6, 6.07) is 9.60. The lowest BCUT2D eigenvalue weighted by atomic mass is 10.0. The molecule has 0 aliphatic rings. The van der Waals surface area contributed by atoms with Gasteiger partial charge in [0.15, 0.2) is 11.5 Å². The molecule has 2 aromatic rings. The number of hydrogen-bond donors (Lipinski definition) is 2. The lowest BCUT2D eigenvalue weighted by molar-refractivity contribution is -0.118. The molecule has 0 aromatic heterocycles. The van der Waals surface area contributed by atoms with E-state index in [-0.39, 0.29) is 17.7 Å². The Labute approximate surface area is 170 Å². The van der Waals surface area contributed by atoms with Crippen LogP contribution in [0.2, 0.25) is 5.02 Å². The number of amides is 2. The third kappa shape index (κ3) is 5.16. The van der Waals surface area contributed by atoms with Gasteiger partial charge in [0, 0.05) is 17.7 Å². The van der Waals surface area contributed by atoms with Crippen LogP contribution < -0.4 is 20.1 Å². The van der Waals surface area contributed by atoms with E-state index in [2.05, 4.69) is 10.6 Å². The van der Waals surface area contributed by atoms with Crippen molar-refractivity contribution in [2.24, 2.45) is 5.92 Å². The van der Waals surface area contributed by atoms with Crippen molar-refractivity contribution in [1.29, 1.82) is 0 Å². The van der Waals surface area contributed by atoms with Gasteiger partial charge in [-0.15, -0.1) is 0 Å².